The van der Waals surface area contributed by atoms with Crippen LogP contribution in [0.5, 0.6) is 0 Å². The van der Waals surface area contributed by atoms with Gasteiger partial charge in [0, 0.05) is 5.56 Å². The van der Waals surface area contributed by atoms with E-state index in [2.05, 4.69) is 0 Å². The minimum Gasteiger partial charge on any atom is -0.300 e. The molecule has 0 amide bonds. The number of rotatable bonds is 7. The minimum absolute atomic E-state index is 0.375. The highest BCUT2D eigenvalue weighted by Gasteiger charge is 2.35. The monoisotopic (exact) mass is 408 g/mol. The topological polar surface area (TPSA) is 68.3 Å². The molecule has 31 heavy (non-hydrogen) atoms. The maximum Gasteiger partial charge on any atom is 0.214 e. The Morgan fingerprint density at radius 2 is 1.23 bits per heavy atom. The number of hydrogen-bond donors (Lipinski definition) is 0. The van der Waals surface area contributed by atoms with Gasteiger partial charge in [-0.25, -0.2) is 0 Å². The average Bonchev–Trinajstić information content (AvgIpc) is 2.78. The molecule has 0 saturated heterocycles. The molecule has 0 spiro atoms. The Kier molecular flexibility index (Phi) is 5.54. The third-order valence-electron chi connectivity index (χ3n) is 5.40. The third-order valence-corrected chi connectivity index (χ3v) is 5.40. The van der Waals surface area contributed by atoms with Gasteiger partial charge in [-0.15, -0.1) is 0 Å². The van der Waals surface area contributed by atoms with Crippen molar-refractivity contribution in [3.05, 3.63) is 96.1 Å². The highest BCUT2D eigenvalue weighted by molar-refractivity contribution is 6.47. The van der Waals surface area contributed by atoms with Crippen molar-refractivity contribution in [3.63, 3.8) is 0 Å². The van der Waals surface area contributed by atoms with Gasteiger partial charge in [-0.1, -0.05) is 84.9 Å². The summed E-state index contributed by atoms with van der Waals surface area (Å²) >= 11 is 0. The van der Waals surface area contributed by atoms with E-state index in [4.69, 9.17) is 0 Å². The zero-order valence-electron chi connectivity index (χ0n) is 17.0. The van der Waals surface area contributed by atoms with Gasteiger partial charge in [-0.05, 0) is 34.0 Å². The number of benzene rings is 4. The highest BCUT2D eigenvalue weighted by Crippen LogP contribution is 2.32. The van der Waals surface area contributed by atoms with Crippen LogP contribution >= 0.6 is 0 Å². The summed E-state index contributed by atoms with van der Waals surface area (Å²) in [4.78, 5) is 51.1. The van der Waals surface area contributed by atoms with Gasteiger partial charge in [0.05, 0.1) is 6.42 Å². The molecule has 0 aliphatic carbocycles. The van der Waals surface area contributed by atoms with Gasteiger partial charge in [0.1, 0.15) is 11.7 Å². The van der Waals surface area contributed by atoms with E-state index in [1.165, 1.54) is 6.92 Å². The molecule has 0 aromatic heterocycles. The van der Waals surface area contributed by atoms with Gasteiger partial charge >= 0.3 is 0 Å². The molecule has 0 N–H and O–H groups in total. The van der Waals surface area contributed by atoms with Gasteiger partial charge < -0.3 is 0 Å². The number of carbonyl (C=O) groups excluding carboxylic acids is 4. The third kappa shape index (κ3) is 3.92. The first-order chi connectivity index (χ1) is 15.0. The summed E-state index contributed by atoms with van der Waals surface area (Å²) in [6.07, 6.45) is -0.511. The largest absolute Gasteiger partial charge is 0.300 e. The Hall–Kier alpha value is -3.92. The van der Waals surface area contributed by atoms with Gasteiger partial charge in [0.2, 0.25) is 11.6 Å². The highest BCUT2D eigenvalue weighted by atomic mass is 16.2. The molecule has 0 fully saturated rings. The molecule has 0 saturated carbocycles. The first-order valence-electron chi connectivity index (χ1n) is 10.0. The van der Waals surface area contributed by atoms with Crippen LogP contribution in [0.15, 0.2) is 84.9 Å². The molecular weight excluding hydrogens is 388 g/mol. The van der Waals surface area contributed by atoms with Crippen LogP contribution in [0.3, 0.4) is 0 Å². The number of Topliss-reactive ketones (excluding diaryl/α,β-unsaturated/α-hetero) is 4. The maximum atomic E-state index is 13.8. The predicted molar refractivity (Wildman–Crippen MR) is 120 cm³/mol. The SMILES string of the molecule is CC(=O)CC(=O)C(=O)C(C(=O)c1cccc2ccccc12)c1cccc2ccccc12. The van der Waals surface area contributed by atoms with Crippen molar-refractivity contribution < 1.29 is 19.2 Å². The summed E-state index contributed by atoms with van der Waals surface area (Å²) in [6, 6.07) is 25.5. The van der Waals surface area contributed by atoms with Crippen LogP contribution in [0.1, 0.15) is 35.2 Å². The summed E-state index contributed by atoms with van der Waals surface area (Å²) in [7, 11) is 0. The number of fused-ring (bicyclic) bond motifs is 2. The molecule has 4 rings (SSSR count). The summed E-state index contributed by atoms with van der Waals surface area (Å²) in [5.41, 5.74) is 0.845. The van der Waals surface area contributed by atoms with Gasteiger partial charge in [-0.3, -0.25) is 19.2 Å². The second kappa shape index (κ2) is 8.44. The van der Waals surface area contributed by atoms with Gasteiger partial charge in [0.25, 0.3) is 0 Å². The van der Waals surface area contributed by atoms with Gasteiger partial charge in [0.15, 0.2) is 5.78 Å². The van der Waals surface area contributed by atoms with E-state index in [1.54, 1.807) is 24.3 Å². The zero-order valence-corrected chi connectivity index (χ0v) is 17.0. The molecule has 0 aliphatic heterocycles. The van der Waals surface area contributed by atoms with E-state index in [0.29, 0.717) is 16.5 Å². The van der Waals surface area contributed by atoms with Crippen LogP contribution in [0, 0.1) is 0 Å². The molecule has 4 aromatic rings. The maximum absolute atomic E-state index is 13.8. The Bertz CT molecular complexity index is 1340. The molecule has 4 heteroatoms. The van der Waals surface area contributed by atoms with Crippen LogP contribution in [0.25, 0.3) is 21.5 Å². The summed E-state index contributed by atoms with van der Waals surface area (Å²) in [6.45, 7) is 1.25. The van der Waals surface area contributed by atoms with E-state index in [-0.39, 0.29) is 0 Å². The molecule has 4 nitrogen and oxygen atoms in total. The Morgan fingerprint density at radius 1 is 0.677 bits per heavy atom. The quantitative estimate of drug-likeness (QED) is 0.243. The second-order valence-electron chi connectivity index (χ2n) is 7.56. The molecule has 152 valence electrons. The molecule has 0 aliphatic rings. The molecule has 0 heterocycles. The first-order valence-corrected chi connectivity index (χ1v) is 10.0. The standard InChI is InChI=1S/C27H20O4/c1-17(28)16-24(29)27(31)25(22-14-6-10-18-8-2-4-12-20(18)22)26(30)23-15-7-11-19-9-3-5-13-21(19)23/h2-15,25H,16H2,1H3. The van der Waals surface area contributed by atoms with Crippen molar-refractivity contribution >= 4 is 44.7 Å². The number of carbonyl (C=O) groups is 4. The fourth-order valence-corrected chi connectivity index (χ4v) is 3.97. The minimum atomic E-state index is -1.32. The second-order valence-corrected chi connectivity index (χ2v) is 7.56. The molecule has 1 atom stereocenters. The normalized spacial score (nSPS) is 11.9. The Morgan fingerprint density at radius 3 is 1.90 bits per heavy atom. The summed E-state index contributed by atoms with van der Waals surface area (Å²) < 4.78 is 0. The zero-order chi connectivity index (χ0) is 22.0. The number of hydrogen-bond acceptors (Lipinski definition) is 4. The van der Waals surface area contributed by atoms with Crippen molar-refractivity contribution in [1.29, 1.82) is 0 Å². The fraction of sp³-hybridized carbons (Fsp3) is 0.111. The van der Waals surface area contributed by atoms with Crippen LogP contribution in [-0.2, 0) is 14.4 Å². The smallest absolute Gasteiger partial charge is 0.214 e. The summed E-state index contributed by atoms with van der Waals surface area (Å²) in [5, 5.41) is 3.18. The molecular formula is C27H20O4. The van der Waals surface area contributed by atoms with Crippen LogP contribution in [0.2, 0.25) is 0 Å². The van der Waals surface area contributed by atoms with Crippen molar-refractivity contribution in [2.45, 2.75) is 19.3 Å². The molecule has 1 unspecified atom stereocenters. The lowest BCUT2D eigenvalue weighted by atomic mass is 9.81. The Labute approximate surface area is 179 Å². The lowest BCUT2D eigenvalue weighted by Crippen LogP contribution is -2.30. The molecule has 0 bridgehead atoms. The van der Waals surface area contributed by atoms with Crippen molar-refractivity contribution in [1.82, 2.24) is 0 Å². The van der Waals surface area contributed by atoms with E-state index >= 15 is 0 Å². The van der Waals surface area contributed by atoms with Crippen LogP contribution < -0.4 is 0 Å². The first kappa shape index (κ1) is 20.4. The van der Waals surface area contributed by atoms with E-state index < -0.39 is 35.5 Å². The van der Waals surface area contributed by atoms with E-state index in [1.807, 2.05) is 60.7 Å². The van der Waals surface area contributed by atoms with E-state index in [0.717, 1.165) is 16.2 Å². The number of ketones is 4. The molecule has 0 radical (unpaired) electrons. The van der Waals surface area contributed by atoms with E-state index in [9.17, 15) is 19.2 Å². The van der Waals surface area contributed by atoms with Crippen molar-refractivity contribution in [2.75, 3.05) is 0 Å². The van der Waals surface area contributed by atoms with Gasteiger partial charge in [-0.2, -0.15) is 0 Å². The van der Waals surface area contributed by atoms with Crippen LogP contribution in [0.4, 0.5) is 0 Å². The fourth-order valence-electron chi connectivity index (χ4n) is 3.97. The van der Waals surface area contributed by atoms with Crippen LogP contribution in [-0.4, -0.2) is 23.1 Å². The summed E-state index contributed by atoms with van der Waals surface area (Å²) in [5.74, 6) is -3.88. The Balaban J connectivity index is 1.92. The predicted octanol–water partition coefficient (Wildman–Crippen LogP) is 5.08. The lowest BCUT2D eigenvalue weighted by molar-refractivity contribution is -0.138. The average molecular weight is 408 g/mol. The van der Waals surface area contributed by atoms with Crippen molar-refractivity contribution in [3.8, 4) is 0 Å². The van der Waals surface area contributed by atoms with Crippen molar-refractivity contribution in [2.24, 2.45) is 0 Å². The lowest BCUT2D eigenvalue weighted by Gasteiger charge is -2.18. The molecule has 4 aromatic carbocycles.